The van der Waals surface area contributed by atoms with Crippen molar-refractivity contribution >= 4 is 29.6 Å². The molecule has 0 aromatic heterocycles. The molecular weight excluding hydrogens is 97.1 g/mol. The molecule has 0 saturated carbocycles. The molecule has 0 aromatic rings. The topological polar surface area (TPSA) is 23.8 Å². The minimum absolute atomic E-state index is 0. The Hall–Kier alpha value is 0.490. The molecule has 0 rings (SSSR count). The Bertz CT molecular complexity index is 75.1. The van der Waals surface area contributed by atoms with Gasteiger partial charge in [-0.1, -0.05) is 0 Å². The Balaban J connectivity index is 0. The van der Waals surface area contributed by atoms with Crippen LogP contribution in [0.5, 0.6) is 0 Å². The summed E-state index contributed by atoms with van der Waals surface area (Å²) in [4.78, 5) is 0. The third kappa shape index (κ3) is 10.7. The molecule has 0 unspecified atom stereocenters. The van der Waals surface area contributed by atoms with E-state index in [9.17, 15) is 0 Å². The average molecular weight is 107 g/mol. The number of hydrogen-bond acceptors (Lipinski definition) is 1. The Kier molecular flexibility index (Phi) is 5.21. The van der Waals surface area contributed by atoms with E-state index >= 15 is 0 Å². The Morgan fingerprint density at radius 2 is 1.43 bits per heavy atom. The summed E-state index contributed by atoms with van der Waals surface area (Å²) in [5.41, 5.74) is -0.153. The summed E-state index contributed by atoms with van der Waals surface area (Å²) in [6.45, 7) is 5.65. The van der Waals surface area contributed by atoms with Crippen molar-refractivity contribution in [1.82, 2.24) is 0 Å². The molecular formula is C5H10NNa. The molecule has 0 aliphatic heterocycles. The molecule has 0 amide bonds. The summed E-state index contributed by atoms with van der Waals surface area (Å²) in [5.74, 6) is 0. The van der Waals surface area contributed by atoms with Gasteiger partial charge in [-0.05, 0) is 20.8 Å². The zero-order chi connectivity index (χ0) is 5.21. The maximum absolute atomic E-state index is 8.15. The van der Waals surface area contributed by atoms with Crippen LogP contribution < -0.4 is 0 Å². The summed E-state index contributed by atoms with van der Waals surface area (Å²) >= 11 is 0. The first kappa shape index (κ1) is 10.5. The van der Waals surface area contributed by atoms with E-state index in [2.05, 4.69) is 6.07 Å². The molecule has 0 atom stereocenters. The first-order valence-corrected chi connectivity index (χ1v) is 1.97. The molecule has 0 spiro atoms. The van der Waals surface area contributed by atoms with Gasteiger partial charge < -0.3 is 0 Å². The van der Waals surface area contributed by atoms with E-state index in [0.717, 1.165) is 0 Å². The molecule has 0 aliphatic rings. The van der Waals surface area contributed by atoms with E-state index < -0.39 is 0 Å². The van der Waals surface area contributed by atoms with Gasteiger partial charge in [-0.2, -0.15) is 5.26 Å². The molecule has 0 fully saturated rings. The van der Waals surface area contributed by atoms with E-state index in [1.54, 1.807) is 0 Å². The zero-order valence-electron chi connectivity index (χ0n) is 4.45. The van der Waals surface area contributed by atoms with Crippen LogP contribution in [-0.4, -0.2) is 29.6 Å². The predicted octanol–water partition coefficient (Wildman–Crippen LogP) is 0.908. The van der Waals surface area contributed by atoms with Gasteiger partial charge >= 0.3 is 29.6 Å². The van der Waals surface area contributed by atoms with Gasteiger partial charge in [0.1, 0.15) is 0 Å². The van der Waals surface area contributed by atoms with Gasteiger partial charge in [-0.15, -0.1) is 0 Å². The molecule has 0 aromatic carbocycles. The monoisotopic (exact) mass is 107 g/mol. The van der Waals surface area contributed by atoms with Gasteiger partial charge in [0.15, 0.2) is 0 Å². The van der Waals surface area contributed by atoms with Crippen LogP contribution in [0.2, 0.25) is 0 Å². The molecule has 0 aliphatic carbocycles. The van der Waals surface area contributed by atoms with Crippen LogP contribution in [0.1, 0.15) is 20.8 Å². The van der Waals surface area contributed by atoms with Crippen molar-refractivity contribution in [2.24, 2.45) is 5.41 Å². The van der Waals surface area contributed by atoms with E-state index in [0.29, 0.717) is 0 Å². The van der Waals surface area contributed by atoms with E-state index in [-0.39, 0.29) is 35.0 Å². The van der Waals surface area contributed by atoms with Crippen molar-refractivity contribution in [3.63, 3.8) is 0 Å². The van der Waals surface area contributed by atoms with Crippen molar-refractivity contribution < 1.29 is 0 Å². The van der Waals surface area contributed by atoms with Gasteiger partial charge in [-0.25, -0.2) is 0 Å². The maximum atomic E-state index is 8.15. The fraction of sp³-hybridized carbons (Fsp3) is 0.800. The van der Waals surface area contributed by atoms with Gasteiger partial charge in [0, 0.05) is 5.41 Å². The molecule has 0 heterocycles. The molecule has 36 valence electrons. The molecule has 0 radical (unpaired) electrons. The van der Waals surface area contributed by atoms with Crippen LogP contribution in [0.25, 0.3) is 0 Å². The number of rotatable bonds is 0. The second-order valence-electron chi connectivity index (χ2n) is 2.36. The van der Waals surface area contributed by atoms with Crippen molar-refractivity contribution in [3.05, 3.63) is 0 Å². The van der Waals surface area contributed by atoms with Crippen LogP contribution in [0, 0.1) is 16.7 Å². The summed E-state index contributed by atoms with van der Waals surface area (Å²) in [6, 6.07) is 2.10. The van der Waals surface area contributed by atoms with E-state index in [1.807, 2.05) is 20.8 Å². The number of nitrogens with zero attached hydrogens (tertiary/aromatic N) is 1. The van der Waals surface area contributed by atoms with Crippen LogP contribution in [0.4, 0.5) is 0 Å². The first-order valence-electron chi connectivity index (χ1n) is 1.97. The number of nitriles is 1. The molecule has 0 saturated heterocycles. The first-order chi connectivity index (χ1) is 2.56. The van der Waals surface area contributed by atoms with Crippen LogP contribution in [0.15, 0.2) is 0 Å². The van der Waals surface area contributed by atoms with Gasteiger partial charge in [0.05, 0.1) is 6.07 Å². The second kappa shape index (κ2) is 3.49. The summed E-state index contributed by atoms with van der Waals surface area (Å²) in [6.07, 6.45) is 0. The van der Waals surface area contributed by atoms with Crippen molar-refractivity contribution in [3.8, 4) is 6.07 Å². The number of hydrogen-bond donors (Lipinski definition) is 0. The predicted molar refractivity (Wildman–Crippen MR) is 32.2 cm³/mol. The van der Waals surface area contributed by atoms with Crippen molar-refractivity contribution in [1.29, 1.82) is 5.26 Å². The third-order valence-electron chi connectivity index (χ3n) is 0.335. The average Bonchev–Trinajstić information content (AvgIpc) is 1.35. The summed E-state index contributed by atoms with van der Waals surface area (Å²) in [5, 5.41) is 8.15. The Morgan fingerprint density at radius 1 is 1.29 bits per heavy atom. The van der Waals surface area contributed by atoms with Gasteiger partial charge in [-0.3, -0.25) is 0 Å². The molecule has 1 nitrogen and oxygen atoms in total. The standard InChI is InChI=1S/C5H9N.Na.H/c1-5(2,3)4-6;;/h1-3H3;;. The van der Waals surface area contributed by atoms with Crippen LogP contribution in [-0.2, 0) is 0 Å². The summed E-state index contributed by atoms with van der Waals surface area (Å²) in [7, 11) is 0. The normalized spacial score (nSPS) is 8.86. The van der Waals surface area contributed by atoms with Gasteiger partial charge in [0.25, 0.3) is 0 Å². The van der Waals surface area contributed by atoms with Crippen molar-refractivity contribution in [2.45, 2.75) is 20.8 Å². The van der Waals surface area contributed by atoms with Crippen molar-refractivity contribution in [2.75, 3.05) is 0 Å². The van der Waals surface area contributed by atoms with Crippen LogP contribution >= 0.6 is 0 Å². The third-order valence-corrected chi connectivity index (χ3v) is 0.335. The molecule has 7 heavy (non-hydrogen) atoms. The molecule has 0 bridgehead atoms. The quantitative estimate of drug-likeness (QED) is 0.422. The van der Waals surface area contributed by atoms with Gasteiger partial charge in [0.2, 0.25) is 0 Å². The molecule has 2 heteroatoms. The zero-order valence-corrected chi connectivity index (χ0v) is 4.45. The SMILES string of the molecule is CC(C)(C)C#N.[NaH]. The van der Waals surface area contributed by atoms with E-state index in [4.69, 9.17) is 5.26 Å². The summed E-state index contributed by atoms with van der Waals surface area (Å²) < 4.78 is 0. The second-order valence-corrected chi connectivity index (χ2v) is 2.36. The van der Waals surface area contributed by atoms with Crippen LogP contribution in [0.3, 0.4) is 0 Å². The van der Waals surface area contributed by atoms with E-state index in [1.165, 1.54) is 0 Å². The molecule has 0 N–H and O–H groups in total. The fourth-order valence-electron chi connectivity index (χ4n) is 0. The fourth-order valence-corrected chi connectivity index (χ4v) is 0. The Labute approximate surface area is 67.0 Å². The minimum atomic E-state index is -0.153. The Morgan fingerprint density at radius 3 is 1.43 bits per heavy atom.